The van der Waals surface area contributed by atoms with Crippen molar-refractivity contribution in [2.24, 2.45) is 0 Å². The third kappa shape index (κ3) is 5.76. The van der Waals surface area contributed by atoms with E-state index in [0.29, 0.717) is 34.7 Å². The van der Waals surface area contributed by atoms with Crippen LogP contribution in [0.25, 0.3) is 11.5 Å². The standard InChI is InChI=1S/C24H24N8O2S/c1-15-4-3-5-18(27-15)22-25-9-6-19(29-22)28-20-7-10-26-24(30-20)31-21-12-16(14-35-21)23(33)34-17-8-11-32(2)13-17/h3-7,9-10,12,14,17H,8,11,13H2,1-2H3,(H2,25,26,28,29,30,31)/t17-/m1/s1. The number of pyridine rings is 1. The molecule has 0 bridgehead atoms. The van der Waals surface area contributed by atoms with Gasteiger partial charge in [-0.1, -0.05) is 6.07 Å². The molecule has 0 saturated carbocycles. The number of hydrogen-bond donors (Lipinski definition) is 2. The first-order valence-corrected chi connectivity index (χ1v) is 12.0. The van der Waals surface area contributed by atoms with Crippen LogP contribution in [-0.4, -0.2) is 62.0 Å². The van der Waals surface area contributed by atoms with Crippen molar-refractivity contribution in [3.05, 3.63) is 65.4 Å². The lowest BCUT2D eigenvalue weighted by molar-refractivity contribution is 0.0328. The highest BCUT2D eigenvalue weighted by Gasteiger charge is 2.24. The zero-order chi connectivity index (χ0) is 24.2. The average Bonchev–Trinajstić information content (AvgIpc) is 3.48. The van der Waals surface area contributed by atoms with E-state index in [1.165, 1.54) is 11.3 Å². The number of anilines is 4. The molecule has 0 unspecified atom stereocenters. The minimum Gasteiger partial charge on any atom is -0.457 e. The predicted octanol–water partition coefficient (Wildman–Crippen LogP) is 4.05. The summed E-state index contributed by atoms with van der Waals surface area (Å²) in [5.74, 6) is 1.75. The van der Waals surface area contributed by atoms with Gasteiger partial charge in [0.25, 0.3) is 0 Å². The van der Waals surface area contributed by atoms with E-state index in [4.69, 9.17) is 4.74 Å². The molecule has 4 aromatic rings. The van der Waals surface area contributed by atoms with Crippen LogP contribution in [-0.2, 0) is 4.74 Å². The van der Waals surface area contributed by atoms with Crippen molar-refractivity contribution in [2.75, 3.05) is 30.8 Å². The first kappa shape index (κ1) is 22.8. The molecule has 4 aromatic heterocycles. The minimum atomic E-state index is -0.311. The number of aryl methyl sites for hydroxylation is 1. The Kier molecular flexibility index (Phi) is 6.59. The number of nitrogens with one attached hydrogen (secondary N) is 2. The highest BCUT2D eigenvalue weighted by atomic mass is 32.1. The Labute approximate surface area is 206 Å². The highest BCUT2D eigenvalue weighted by molar-refractivity contribution is 7.14. The molecular weight excluding hydrogens is 464 g/mol. The van der Waals surface area contributed by atoms with Crippen LogP contribution < -0.4 is 10.6 Å². The van der Waals surface area contributed by atoms with Gasteiger partial charge >= 0.3 is 5.97 Å². The highest BCUT2D eigenvalue weighted by Crippen LogP contribution is 2.25. The quantitative estimate of drug-likeness (QED) is 0.369. The Balaban J connectivity index is 1.24. The van der Waals surface area contributed by atoms with E-state index >= 15 is 0 Å². The maximum Gasteiger partial charge on any atom is 0.339 e. The van der Waals surface area contributed by atoms with Gasteiger partial charge in [0, 0.05) is 36.6 Å². The second-order valence-electron chi connectivity index (χ2n) is 8.22. The molecule has 1 aliphatic heterocycles. The molecule has 1 aliphatic rings. The third-order valence-electron chi connectivity index (χ3n) is 5.38. The molecule has 2 N–H and O–H groups in total. The number of nitrogens with zero attached hydrogens (tertiary/aromatic N) is 6. The fourth-order valence-corrected chi connectivity index (χ4v) is 4.43. The molecule has 178 valence electrons. The van der Waals surface area contributed by atoms with E-state index in [-0.39, 0.29) is 12.1 Å². The lowest BCUT2D eigenvalue weighted by atomic mass is 10.3. The fraction of sp³-hybridized carbons (Fsp3) is 0.250. The molecule has 1 atom stereocenters. The molecule has 0 aliphatic carbocycles. The summed E-state index contributed by atoms with van der Waals surface area (Å²) in [6, 6.07) is 11.0. The maximum absolute atomic E-state index is 12.5. The summed E-state index contributed by atoms with van der Waals surface area (Å²) in [7, 11) is 2.02. The number of carbonyl (C=O) groups is 1. The van der Waals surface area contributed by atoms with Gasteiger partial charge in [0.15, 0.2) is 5.82 Å². The molecule has 0 radical (unpaired) electrons. The van der Waals surface area contributed by atoms with Gasteiger partial charge in [0.05, 0.1) is 10.6 Å². The summed E-state index contributed by atoms with van der Waals surface area (Å²) in [5.41, 5.74) is 2.11. The number of likely N-dealkylation sites (N-methyl/N-ethyl adjacent to an activating group) is 1. The van der Waals surface area contributed by atoms with Crippen LogP contribution in [0.3, 0.4) is 0 Å². The molecule has 35 heavy (non-hydrogen) atoms. The van der Waals surface area contributed by atoms with E-state index in [1.807, 2.05) is 32.2 Å². The van der Waals surface area contributed by atoms with Crippen molar-refractivity contribution in [1.29, 1.82) is 0 Å². The summed E-state index contributed by atoms with van der Waals surface area (Å²) in [5, 5.41) is 8.84. The van der Waals surface area contributed by atoms with Crippen molar-refractivity contribution in [1.82, 2.24) is 29.8 Å². The number of esters is 1. The number of hydrogen-bond acceptors (Lipinski definition) is 11. The van der Waals surface area contributed by atoms with E-state index < -0.39 is 0 Å². The normalized spacial score (nSPS) is 15.7. The summed E-state index contributed by atoms with van der Waals surface area (Å²) < 4.78 is 5.61. The Hall–Kier alpha value is -3.96. The number of ether oxygens (including phenoxy) is 1. The van der Waals surface area contributed by atoms with Gasteiger partial charge in [-0.05, 0) is 50.7 Å². The Morgan fingerprint density at radius 1 is 1.09 bits per heavy atom. The van der Waals surface area contributed by atoms with Crippen LogP contribution in [0.1, 0.15) is 22.5 Å². The summed E-state index contributed by atoms with van der Waals surface area (Å²) >= 11 is 1.39. The number of likely N-dealkylation sites (tertiary alicyclic amines) is 1. The van der Waals surface area contributed by atoms with E-state index in [1.54, 1.807) is 36.0 Å². The molecule has 5 rings (SSSR count). The van der Waals surface area contributed by atoms with Crippen molar-refractivity contribution >= 4 is 39.9 Å². The van der Waals surface area contributed by atoms with Crippen LogP contribution in [0.2, 0.25) is 0 Å². The zero-order valence-corrected chi connectivity index (χ0v) is 20.1. The summed E-state index contributed by atoms with van der Waals surface area (Å²) in [6.07, 6.45) is 4.12. The van der Waals surface area contributed by atoms with Crippen molar-refractivity contribution in [3.63, 3.8) is 0 Å². The topological polar surface area (TPSA) is 118 Å². The van der Waals surface area contributed by atoms with Crippen LogP contribution in [0.15, 0.2) is 54.2 Å². The third-order valence-corrected chi connectivity index (χ3v) is 6.22. The van der Waals surface area contributed by atoms with Crippen LogP contribution in [0.5, 0.6) is 0 Å². The molecule has 10 nitrogen and oxygen atoms in total. The second kappa shape index (κ2) is 10.1. The van der Waals surface area contributed by atoms with Gasteiger partial charge in [-0.25, -0.2) is 24.7 Å². The Morgan fingerprint density at radius 3 is 2.71 bits per heavy atom. The van der Waals surface area contributed by atoms with Crippen LogP contribution in [0.4, 0.5) is 22.6 Å². The Morgan fingerprint density at radius 2 is 1.91 bits per heavy atom. The van der Waals surface area contributed by atoms with Gasteiger partial charge < -0.3 is 20.3 Å². The monoisotopic (exact) mass is 488 g/mol. The fourth-order valence-electron chi connectivity index (χ4n) is 3.67. The van der Waals surface area contributed by atoms with E-state index in [2.05, 4.69) is 40.5 Å². The smallest absolute Gasteiger partial charge is 0.339 e. The molecular formula is C24H24N8O2S. The minimum absolute atomic E-state index is 0.0566. The van der Waals surface area contributed by atoms with Crippen molar-refractivity contribution in [3.8, 4) is 11.5 Å². The second-order valence-corrected chi connectivity index (χ2v) is 9.13. The molecule has 1 fully saturated rings. The van der Waals surface area contributed by atoms with Gasteiger partial charge in [-0.2, -0.15) is 4.98 Å². The zero-order valence-electron chi connectivity index (χ0n) is 19.3. The first-order chi connectivity index (χ1) is 17.0. The van der Waals surface area contributed by atoms with Crippen molar-refractivity contribution in [2.45, 2.75) is 19.4 Å². The molecule has 0 aromatic carbocycles. The van der Waals surface area contributed by atoms with E-state index in [0.717, 1.165) is 30.2 Å². The molecule has 5 heterocycles. The van der Waals surface area contributed by atoms with Gasteiger partial charge in [-0.15, -0.1) is 11.3 Å². The van der Waals surface area contributed by atoms with Crippen molar-refractivity contribution < 1.29 is 9.53 Å². The summed E-state index contributed by atoms with van der Waals surface area (Å²) in [6.45, 7) is 3.63. The largest absolute Gasteiger partial charge is 0.457 e. The SMILES string of the molecule is Cc1cccc(-c2nccc(Nc3ccnc(Nc4cc(C(=O)O[C@@H]5CCN(C)C5)cs4)n3)n2)n1. The first-order valence-electron chi connectivity index (χ1n) is 11.1. The average molecular weight is 489 g/mol. The van der Waals surface area contributed by atoms with Crippen LogP contribution in [0, 0.1) is 6.92 Å². The molecule has 1 saturated heterocycles. The predicted molar refractivity (Wildman–Crippen MR) is 134 cm³/mol. The Bertz CT molecular complexity index is 1340. The lowest BCUT2D eigenvalue weighted by Gasteiger charge is -2.11. The van der Waals surface area contributed by atoms with Gasteiger partial charge in [0.2, 0.25) is 5.95 Å². The summed E-state index contributed by atoms with van der Waals surface area (Å²) in [4.78, 5) is 36.7. The van der Waals surface area contributed by atoms with Crippen LogP contribution >= 0.6 is 11.3 Å². The van der Waals surface area contributed by atoms with Gasteiger partial charge in [0.1, 0.15) is 23.4 Å². The maximum atomic E-state index is 12.5. The molecule has 0 amide bonds. The lowest BCUT2D eigenvalue weighted by Crippen LogP contribution is -2.22. The number of carbonyl (C=O) groups excluding carboxylic acids is 1. The number of rotatable bonds is 7. The molecule has 0 spiro atoms. The molecule has 11 heteroatoms. The number of thiophene rings is 1. The van der Waals surface area contributed by atoms with E-state index in [9.17, 15) is 4.79 Å². The number of aromatic nitrogens is 5. The van der Waals surface area contributed by atoms with Gasteiger partial charge in [-0.3, -0.25) is 0 Å².